The highest BCUT2D eigenvalue weighted by atomic mass is 16.4. The minimum absolute atomic E-state index is 0.142. The Morgan fingerprint density at radius 1 is 1.08 bits per heavy atom. The minimum Gasteiger partial charge on any atom is -0.480 e. The molecule has 1 heterocycles. The number of carboxylic acid groups (broad SMARTS) is 1. The van der Waals surface area contributed by atoms with E-state index in [0.29, 0.717) is 5.92 Å². The zero-order chi connectivity index (χ0) is 19.3. The van der Waals surface area contributed by atoms with Gasteiger partial charge in [-0.1, -0.05) is 45.0 Å². The van der Waals surface area contributed by atoms with Gasteiger partial charge in [0.1, 0.15) is 11.7 Å². The molecule has 1 aromatic carbocycles. The fourth-order valence-electron chi connectivity index (χ4n) is 2.85. The van der Waals surface area contributed by atoms with Gasteiger partial charge >= 0.3 is 5.97 Å². The second kappa shape index (κ2) is 8.65. The van der Waals surface area contributed by atoms with Crippen LogP contribution < -0.4 is 5.32 Å². The summed E-state index contributed by atoms with van der Waals surface area (Å²) in [6.45, 7) is 7.86. The Labute approximate surface area is 154 Å². The lowest BCUT2D eigenvalue weighted by molar-refractivity contribution is -0.140. The summed E-state index contributed by atoms with van der Waals surface area (Å²) < 4.78 is 1.23. The average Bonchev–Trinajstić information content (AvgIpc) is 3.14. The zero-order valence-electron chi connectivity index (χ0n) is 15.8. The third-order valence-corrected chi connectivity index (χ3v) is 4.86. The number of benzene rings is 1. The van der Waals surface area contributed by atoms with E-state index in [1.807, 2.05) is 19.1 Å². The van der Waals surface area contributed by atoms with Gasteiger partial charge in [0.25, 0.3) is 5.91 Å². The molecule has 0 aliphatic heterocycles. The first kappa shape index (κ1) is 19.7. The second-order valence-corrected chi connectivity index (χ2v) is 6.59. The summed E-state index contributed by atoms with van der Waals surface area (Å²) in [6, 6.07) is 8.80. The monoisotopic (exact) mass is 357 g/mol. The Balaban J connectivity index is 2.17. The third-order valence-electron chi connectivity index (χ3n) is 4.86. The maximum Gasteiger partial charge on any atom is 0.328 e. The van der Waals surface area contributed by atoms with Crippen molar-refractivity contribution in [2.45, 2.75) is 58.5 Å². The van der Waals surface area contributed by atoms with Crippen LogP contribution in [0.4, 0.5) is 0 Å². The molecule has 2 aromatic rings. The van der Waals surface area contributed by atoms with Crippen molar-refractivity contribution in [1.29, 1.82) is 0 Å². The van der Waals surface area contributed by atoms with Crippen molar-refractivity contribution in [1.82, 2.24) is 15.1 Å². The summed E-state index contributed by atoms with van der Waals surface area (Å²) in [5.74, 6) is -0.852. The molecule has 0 bridgehead atoms. The number of rotatable bonds is 8. The lowest BCUT2D eigenvalue weighted by Gasteiger charge is -2.19. The van der Waals surface area contributed by atoms with Crippen molar-refractivity contribution in [3.05, 3.63) is 53.3 Å². The van der Waals surface area contributed by atoms with Gasteiger partial charge < -0.3 is 10.4 Å². The summed E-state index contributed by atoms with van der Waals surface area (Å²) in [6.07, 6.45) is 3.26. The smallest absolute Gasteiger partial charge is 0.328 e. The molecule has 0 aliphatic rings. The number of amides is 1. The van der Waals surface area contributed by atoms with Crippen molar-refractivity contribution in [2.75, 3.05) is 0 Å². The lowest BCUT2D eigenvalue weighted by Crippen LogP contribution is -2.31. The number of carbonyl (C=O) groups is 2. The maximum atomic E-state index is 12.7. The largest absolute Gasteiger partial charge is 0.480 e. The number of carbonyl (C=O) groups excluding carboxylic acids is 1. The molecular formula is C20H27N3O3. The highest BCUT2D eigenvalue weighted by Crippen LogP contribution is 2.23. The molecule has 2 rings (SSSR count). The van der Waals surface area contributed by atoms with Crippen LogP contribution in [0.3, 0.4) is 0 Å². The first-order valence-electron chi connectivity index (χ1n) is 9.06. The first-order valence-corrected chi connectivity index (χ1v) is 9.06. The molecule has 0 spiro atoms. The summed E-state index contributed by atoms with van der Waals surface area (Å²) in [5.41, 5.74) is 2.56. The number of carboxylic acids is 1. The first-order chi connectivity index (χ1) is 12.4. The quantitative estimate of drug-likeness (QED) is 0.750. The summed E-state index contributed by atoms with van der Waals surface area (Å²) in [4.78, 5) is 23.8. The average molecular weight is 357 g/mol. The molecule has 26 heavy (non-hydrogen) atoms. The van der Waals surface area contributed by atoms with Crippen LogP contribution in [0.1, 0.15) is 80.2 Å². The van der Waals surface area contributed by atoms with E-state index in [-0.39, 0.29) is 17.6 Å². The normalized spacial score (nSPS) is 14.5. The van der Waals surface area contributed by atoms with Crippen LogP contribution in [0, 0.1) is 0 Å². The molecule has 0 aliphatic carbocycles. The Kier molecular flexibility index (Phi) is 6.55. The van der Waals surface area contributed by atoms with Crippen LogP contribution in [0.25, 0.3) is 0 Å². The SMILES string of the molecule is CCC(C)c1ccc(C(CC)NC(=O)c2ccnn2C(C)C(=O)O)cc1. The van der Waals surface area contributed by atoms with E-state index in [1.165, 1.54) is 29.4 Å². The zero-order valence-corrected chi connectivity index (χ0v) is 15.8. The third kappa shape index (κ3) is 4.31. The molecule has 0 saturated heterocycles. The predicted molar refractivity (Wildman–Crippen MR) is 100 cm³/mol. The van der Waals surface area contributed by atoms with Gasteiger partial charge in [-0.05, 0) is 42.9 Å². The van der Waals surface area contributed by atoms with Gasteiger partial charge in [-0.2, -0.15) is 5.10 Å². The van der Waals surface area contributed by atoms with Crippen molar-refractivity contribution in [3.8, 4) is 0 Å². The number of aromatic nitrogens is 2. The fraction of sp³-hybridized carbons (Fsp3) is 0.450. The fourth-order valence-corrected chi connectivity index (χ4v) is 2.85. The molecule has 6 nitrogen and oxygen atoms in total. The summed E-state index contributed by atoms with van der Waals surface area (Å²) in [5, 5.41) is 16.1. The predicted octanol–water partition coefficient (Wildman–Crippen LogP) is 3.92. The Hall–Kier alpha value is -2.63. The highest BCUT2D eigenvalue weighted by Gasteiger charge is 2.23. The minimum atomic E-state index is -1.03. The van der Waals surface area contributed by atoms with Gasteiger partial charge in [0.05, 0.1) is 6.04 Å². The van der Waals surface area contributed by atoms with Gasteiger partial charge in [0, 0.05) is 6.20 Å². The van der Waals surface area contributed by atoms with Crippen molar-refractivity contribution < 1.29 is 14.7 Å². The Bertz CT molecular complexity index is 752. The van der Waals surface area contributed by atoms with Gasteiger partial charge in [-0.25, -0.2) is 9.48 Å². The maximum absolute atomic E-state index is 12.7. The van der Waals surface area contributed by atoms with Gasteiger partial charge in [-0.15, -0.1) is 0 Å². The topological polar surface area (TPSA) is 84.2 Å². The molecular weight excluding hydrogens is 330 g/mol. The summed E-state index contributed by atoms with van der Waals surface area (Å²) >= 11 is 0. The Morgan fingerprint density at radius 3 is 2.23 bits per heavy atom. The van der Waals surface area contributed by atoms with Crippen LogP contribution in [0.15, 0.2) is 36.5 Å². The number of aliphatic carboxylic acids is 1. The van der Waals surface area contributed by atoms with Crippen LogP contribution in [0.5, 0.6) is 0 Å². The lowest BCUT2D eigenvalue weighted by atomic mass is 9.95. The highest BCUT2D eigenvalue weighted by molar-refractivity contribution is 5.93. The van der Waals surface area contributed by atoms with Gasteiger partial charge in [0.15, 0.2) is 0 Å². The van der Waals surface area contributed by atoms with Crippen LogP contribution in [-0.4, -0.2) is 26.8 Å². The second-order valence-electron chi connectivity index (χ2n) is 6.59. The molecule has 3 atom stereocenters. The van der Waals surface area contributed by atoms with E-state index >= 15 is 0 Å². The van der Waals surface area contributed by atoms with E-state index in [0.717, 1.165) is 18.4 Å². The number of hydrogen-bond acceptors (Lipinski definition) is 3. The molecule has 0 radical (unpaired) electrons. The molecule has 1 amide bonds. The molecule has 2 N–H and O–H groups in total. The Morgan fingerprint density at radius 2 is 1.69 bits per heavy atom. The molecule has 0 fully saturated rings. The van der Waals surface area contributed by atoms with Crippen molar-refractivity contribution in [3.63, 3.8) is 0 Å². The molecule has 1 aromatic heterocycles. The number of nitrogens with one attached hydrogen (secondary N) is 1. The standard InChI is InChI=1S/C20H27N3O3/c1-5-13(3)15-7-9-16(10-8-15)17(6-2)22-19(24)18-11-12-21-23(18)14(4)20(25)26/h7-14,17H,5-6H2,1-4H3,(H,22,24)(H,25,26). The van der Waals surface area contributed by atoms with E-state index < -0.39 is 12.0 Å². The van der Waals surface area contributed by atoms with E-state index in [4.69, 9.17) is 5.11 Å². The molecule has 140 valence electrons. The molecule has 3 unspecified atom stereocenters. The van der Waals surface area contributed by atoms with Crippen molar-refractivity contribution >= 4 is 11.9 Å². The number of hydrogen-bond donors (Lipinski definition) is 2. The van der Waals surface area contributed by atoms with Gasteiger partial charge in [-0.3, -0.25) is 4.79 Å². The molecule has 0 saturated carbocycles. The van der Waals surface area contributed by atoms with E-state index in [2.05, 4.69) is 36.4 Å². The van der Waals surface area contributed by atoms with Crippen LogP contribution >= 0.6 is 0 Å². The molecule has 6 heteroatoms. The van der Waals surface area contributed by atoms with Crippen LogP contribution in [-0.2, 0) is 4.79 Å². The van der Waals surface area contributed by atoms with E-state index in [9.17, 15) is 9.59 Å². The van der Waals surface area contributed by atoms with E-state index in [1.54, 1.807) is 0 Å². The van der Waals surface area contributed by atoms with Gasteiger partial charge in [0.2, 0.25) is 0 Å². The summed E-state index contributed by atoms with van der Waals surface area (Å²) in [7, 11) is 0. The number of nitrogens with zero attached hydrogens (tertiary/aromatic N) is 2. The van der Waals surface area contributed by atoms with Crippen LogP contribution in [0.2, 0.25) is 0 Å². The van der Waals surface area contributed by atoms with Crippen molar-refractivity contribution in [2.24, 2.45) is 0 Å².